The molecule has 0 aliphatic rings. The average molecular weight is 268 g/mol. The number of halogens is 1. The molecule has 0 aliphatic heterocycles. The topological polar surface area (TPSA) is 92.4 Å². The molecule has 1 rings (SSSR count). The molecule has 0 heterocycles. The number of hydrogen-bond donors (Lipinski definition) is 3. The minimum absolute atomic E-state index is 0.0241. The van der Waals surface area contributed by atoms with E-state index >= 15 is 0 Å². The lowest BCUT2D eigenvalue weighted by atomic mass is 9.87. The van der Waals surface area contributed by atoms with Gasteiger partial charge in [0, 0.05) is 12.1 Å². The maximum absolute atomic E-state index is 13.2. The Labute approximate surface area is 110 Å². The fourth-order valence-electron chi connectivity index (χ4n) is 1.40. The van der Waals surface area contributed by atoms with Crippen molar-refractivity contribution in [1.29, 1.82) is 0 Å². The van der Waals surface area contributed by atoms with Crippen LogP contribution in [0.5, 0.6) is 0 Å². The zero-order chi connectivity index (χ0) is 14.6. The van der Waals surface area contributed by atoms with E-state index in [0.29, 0.717) is 6.42 Å². The van der Waals surface area contributed by atoms with Gasteiger partial charge in [0.05, 0.1) is 11.1 Å². The van der Waals surface area contributed by atoms with Crippen molar-refractivity contribution in [1.82, 2.24) is 5.32 Å². The molecule has 0 saturated heterocycles. The molecule has 0 spiro atoms. The van der Waals surface area contributed by atoms with E-state index in [1.54, 1.807) is 13.8 Å². The fraction of sp³-hybridized carbons (Fsp3) is 0.385. The van der Waals surface area contributed by atoms with Gasteiger partial charge in [-0.15, -0.1) is 0 Å². The van der Waals surface area contributed by atoms with E-state index in [4.69, 9.17) is 10.8 Å². The number of carbonyl (C=O) groups is 2. The molecule has 1 aromatic rings. The van der Waals surface area contributed by atoms with E-state index in [9.17, 15) is 14.0 Å². The molecule has 1 atom stereocenters. The highest BCUT2D eigenvalue weighted by atomic mass is 19.1. The highest BCUT2D eigenvalue weighted by Crippen LogP contribution is 2.20. The molecule has 0 aliphatic carbocycles. The molecule has 6 heteroatoms. The Kier molecular flexibility index (Phi) is 4.47. The van der Waals surface area contributed by atoms with Crippen LogP contribution in [0.25, 0.3) is 0 Å². The predicted molar refractivity (Wildman–Crippen MR) is 69.2 cm³/mol. The third-order valence-corrected chi connectivity index (χ3v) is 3.20. The van der Waals surface area contributed by atoms with Gasteiger partial charge in [-0.25, -0.2) is 4.39 Å². The van der Waals surface area contributed by atoms with Crippen LogP contribution in [0.15, 0.2) is 18.2 Å². The summed E-state index contributed by atoms with van der Waals surface area (Å²) in [4.78, 5) is 22.9. The molecule has 19 heavy (non-hydrogen) atoms. The third kappa shape index (κ3) is 3.43. The Morgan fingerprint density at radius 1 is 1.47 bits per heavy atom. The van der Waals surface area contributed by atoms with Crippen LogP contribution in [0.2, 0.25) is 0 Å². The second-order valence-electron chi connectivity index (χ2n) is 4.64. The van der Waals surface area contributed by atoms with E-state index in [1.165, 1.54) is 12.1 Å². The number of hydrogen-bond acceptors (Lipinski definition) is 3. The number of anilines is 1. The molecule has 0 aromatic heterocycles. The number of nitrogens with one attached hydrogen (secondary N) is 1. The minimum atomic E-state index is -1.04. The molecule has 1 aromatic carbocycles. The monoisotopic (exact) mass is 268 g/mol. The quantitative estimate of drug-likeness (QED) is 0.708. The summed E-state index contributed by atoms with van der Waals surface area (Å²) in [5.41, 5.74) is 4.33. The predicted octanol–water partition coefficient (Wildman–Crippen LogP) is 1.64. The lowest BCUT2D eigenvalue weighted by molar-refractivity contribution is -0.147. The van der Waals surface area contributed by atoms with E-state index in [0.717, 1.165) is 6.07 Å². The number of rotatable bonds is 5. The van der Waals surface area contributed by atoms with Crippen LogP contribution in [-0.4, -0.2) is 23.5 Å². The number of nitrogens with two attached hydrogens (primary N) is 1. The van der Waals surface area contributed by atoms with Gasteiger partial charge in [-0.1, -0.05) is 6.92 Å². The molecule has 0 radical (unpaired) electrons. The van der Waals surface area contributed by atoms with Crippen LogP contribution in [0.1, 0.15) is 30.6 Å². The second-order valence-corrected chi connectivity index (χ2v) is 4.64. The van der Waals surface area contributed by atoms with Crippen LogP contribution in [0, 0.1) is 11.2 Å². The number of carboxylic acids is 1. The van der Waals surface area contributed by atoms with Crippen molar-refractivity contribution in [3.8, 4) is 0 Å². The smallest absolute Gasteiger partial charge is 0.311 e. The highest BCUT2D eigenvalue weighted by molar-refractivity contribution is 5.94. The average Bonchev–Trinajstić information content (AvgIpc) is 2.38. The number of benzene rings is 1. The van der Waals surface area contributed by atoms with Gasteiger partial charge in [0.1, 0.15) is 5.82 Å². The summed E-state index contributed by atoms with van der Waals surface area (Å²) in [6.07, 6.45) is 0.374. The van der Waals surface area contributed by atoms with Crippen molar-refractivity contribution >= 4 is 17.6 Å². The summed E-state index contributed by atoms with van der Waals surface area (Å²) < 4.78 is 13.2. The van der Waals surface area contributed by atoms with Gasteiger partial charge in [-0.3, -0.25) is 9.59 Å². The molecular weight excluding hydrogens is 251 g/mol. The maximum atomic E-state index is 13.2. The Morgan fingerprint density at radius 3 is 2.58 bits per heavy atom. The first-order chi connectivity index (χ1) is 8.80. The SMILES string of the molecule is CCC(C)(CNC(=O)c1ccc(N)c(F)c1)C(=O)O. The Balaban J connectivity index is 2.75. The van der Waals surface area contributed by atoms with E-state index in [1.807, 2.05) is 0 Å². The normalized spacial score (nSPS) is 13.6. The van der Waals surface area contributed by atoms with Crippen molar-refractivity contribution in [2.24, 2.45) is 5.41 Å². The van der Waals surface area contributed by atoms with Gasteiger partial charge in [-0.2, -0.15) is 0 Å². The van der Waals surface area contributed by atoms with Crippen molar-refractivity contribution in [2.75, 3.05) is 12.3 Å². The van der Waals surface area contributed by atoms with Crippen LogP contribution >= 0.6 is 0 Å². The van der Waals surface area contributed by atoms with Gasteiger partial charge < -0.3 is 16.2 Å². The Hall–Kier alpha value is -2.11. The summed E-state index contributed by atoms with van der Waals surface area (Å²) in [6.45, 7) is 3.24. The van der Waals surface area contributed by atoms with Gasteiger partial charge in [0.2, 0.25) is 0 Å². The van der Waals surface area contributed by atoms with Crippen LogP contribution < -0.4 is 11.1 Å². The molecule has 104 valence electrons. The summed E-state index contributed by atoms with van der Waals surface area (Å²) in [5.74, 6) is -2.19. The molecule has 5 nitrogen and oxygen atoms in total. The number of carbonyl (C=O) groups excluding carboxylic acids is 1. The first-order valence-corrected chi connectivity index (χ1v) is 5.87. The van der Waals surface area contributed by atoms with Crippen LogP contribution in [0.4, 0.5) is 10.1 Å². The minimum Gasteiger partial charge on any atom is -0.481 e. The molecule has 1 amide bonds. The lowest BCUT2D eigenvalue weighted by Gasteiger charge is -2.23. The van der Waals surface area contributed by atoms with Gasteiger partial charge in [0.15, 0.2) is 0 Å². The van der Waals surface area contributed by atoms with Crippen LogP contribution in [-0.2, 0) is 4.79 Å². The Bertz CT molecular complexity index is 505. The van der Waals surface area contributed by atoms with Gasteiger partial charge >= 0.3 is 5.97 Å². The van der Waals surface area contributed by atoms with Crippen molar-refractivity contribution in [3.05, 3.63) is 29.6 Å². The number of aliphatic carboxylic acids is 1. The molecule has 0 saturated carbocycles. The number of amides is 1. The summed E-state index contributed by atoms with van der Waals surface area (Å²) in [6, 6.07) is 3.70. The second kappa shape index (κ2) is 5.69. The molecule has 1 unspecified atom stereocenters. The van der Waals surface area contributed by atoms with Crippen LogP contribution in [0.3, 0.4) is 0 Å². The third-order valence-electron chi connectivity index (χ3n) is 3.20. The number of carboxylic acid groups (broad SMARTS) is 1. The maximum Gasteiger partial charge on any atom is 0.311 e. The molecule has 0 bridgehead atoms. The first kappa shape index (κ1) is 14.9. The standard InChI is InChI=1S/C13H17FN2O3/c1-3-13(2,12(18)19)7-16-11(17)8-4-5-10(15)9(14)6-8/h4-6H,3,7,15H2,1-2H3,(H,16,17)(H,18,19). The van der Waals surface area contributed by atoms with E-state index < -0.39 is 23.1 Å². The summed E-state index contributed by atoms with van der Waals surface area (Å²) >= 11 is 0. The zero-order valence-corrected chi connectivity index (χ0v) is 10.9. The van der Waals surface area contributed by atoms with Crippen molar-refractivity contribution in [2.45, 2.75) is 20.3 Å². The van der Waals surface area contributed by atoms with Gasteiger partial charge in [0.25, 0.3) is 5.91 Å². The molecular formula is C13H17FN2O3. The fourth-order valence-corrected chi connectivity index (χ4v) is 1.40. The Morgan fingerprint density at radius 2 is 2.11 bits per heavy atom. The largest absolute Gasteiger partial charge is 0.481 e. The van der Waals surface area contributed by atoms with Crippen molar-refractivity contribution in [3.63, 3.8) is 0 Å². The molecule has 0 fully saturated rings. The van der Waals surface area contributed by atoms with Gasteiger partial charge in [-0.05, 0) is 31.5 Å². The van der Waals surface area contributed by atoms with Crippen molar-refractivity contribution < 1.29 is 19.1 Å². The zero-order valence-electron chi connectivity index (χ0n) is 10.9. The first-order valence-electron chi connectivity index (χ1n) is 5.87. The highest BCUT2D eigenvalue weighted by Gasteiger charge is 2.31. The van der Waals surface area contributed by atoms with E-state index in [2.05, 4.69) is 5.32 Å². The number of nitrogen functional groups attached to an aromatic ring is 1. The summed E-state index contributed by atoms with van der Waals surface area (Å²) in [5, 5.41) is 11.6. The molecule has 4 N–H and O–H groups in total. The summed E-state index contributed by atoms with van der Waals surface area (Å²) in [7, 11) is 0. The lowest BCUT2D eigenvalue weighted by Crippen LogP contribution is -2.40. The van der Waals surface area contributed by atoms with E-state index in [-0.39, 0.29) is 17.8 Å².